The summed E-state index contributed by atoms with van der Waals surface area (Å²) in [6.45, 7) is 0. The molecule has 16 aromatic rings. The lowest BCUT2D eigenvalue weighted by atomic mass is 9.93. The topological polar surface area (TPSA) is 60.0 Å². The number of fused-ring (bicyclic) bond motifs is 13. The molecule has 0 aliphatic carbocycles. The molecule has 3 aromatic heterocycles. The van der Waals surface area contributed by atoms with Crippen molar-refractivity contribution >= 4 is 93.1 Å². The van der Waals surface area contributed by atoms with Gasteiger partial charge in [-0.15, -0.1) is 0 Å². The molecule has 0 atom stereocenters. The van der Waals surface area contributed by atoms with Gasteiger partial charge in [0.1, 0.15) is 11.2 Å². The van der Waals surface area contributed by atoms with Crippen molar-refractivity contribution in [3.8, 4) is 62.1 Å². The first-order valence-electron chi connectivity index (χ1n) is 27.4. The molecule has 16 rings (SSSR count). The van der Waals surface area contributed by atoms with Crippen molar-refractivity contribution in [2.24, 2.45) is 0 Å². The molecule has 378 valence electrons. The molecule has 0 N–H and O–H groups in total. The van der Waals surface area contributed by atoms with Crippen molar-refractivity contribution in [3.05, 3.63) is 285 Å². The molecule has 0 radical (unpaired) electrons. The lowest BCUT2D eigenvalue weighted by molar-refractivity contribution is 0.670. The van der Waals surface area contributed by atoms with Crippen LogP contribution in [0.1, 0.15) is 0 Å². The molecule has 0 aliphatic heterocycles. The molecule has 0 amide bonds. The summed E-state index contributed by atoms with van der Waals surface area (Å²) in [5, 5.41) is 11.4. The summed E-state index contributed by atoms with van der Waals surface area (Å²) in [7, 11) is 0. The molecule has 0 unspecified atom stereocenters. The van der Waals surface area contributed by atoms with E-state index in [1.165, 1.54) is 37.9 Å². The average Bonchev–Trinajstić information content (AvgIpc) is 3.84. The number of hydrogen-bond acceptors (Lipinski definition) is 5. The van der Waals surface area contributed by atoms with Crippen LogP contribution in [-0.2, 0) is 0 Å². The minimum atomic E-state index is 0.530. The van der Waals surface area contributed by atoms with Crippen LogP contribution < -0.4 is 4.90 Å². The van der Waals surface area contributed by atoms with Crippen molar-refractivity contribution in [3.63, 3.8) is 0 Å². The van der Waals surface area contributed by atoms with Gasteiger partial charge in [0.25, 0.3) is 0 Å². The van der Waals surface area contributed by atoms with Crippen LogP contribution in [0.2, 0.25) is 0 Å². The Morgan fingerprint density at radius 2 is 0.790 bits per heavy atom. The maximum atomic E-state index is 6.98. The summed E-state index contributed by atoms with van der Waals surface area (Å²) >= 11 is 0. The quantitative estimate of drug-likeness (QED) is 0.135. The summed E-state index contributed by atoms with van der Waals surface area (Å²) in [4.78, 5) is 18.1. The standard InChI is InChI=1S/C75H47N5O/c1-5-20-48(21-6-1)53-28-19-29-56(44-53)79(66-35-18-17-30-57(66)50-22-7-2-8-23-50)55-39-36-49(37-40-55)54-38-41-67-64(45-54)71-68(80(67)75-77-73(51-24-9-3-10-25-51)76-74(78-75)52-26-11-4-12-27-52)42-43-69-72(71)65-46-62-60-33-15-13-31-58(60)59-32-14-16-34-61(59)63(62)47-70(65)81-69/h1-47H. The van der Waals surface area contributed by atoms with Gasteiger partial charge in [0.15, 0.2) is 11.6 Å². The third kappa shape index (κ3) is 7.76. The number of nitrogens with zero attached hydrogens (tertiary/aromatic N) is 5. The monoisotopic (exact) mass is 1030 g/mol. The fraction of sp³-hybridized carbons (Fsp3) is 0. The smallest absolute Gasteiger partial charge is 0.238 e. The Balaban J connectivity index is 0.924. The molecule has 3 heterocycles. The molecule has 0 fully saturated rings. The second kappa shape index (κ2) is 18.9. The molecule has 6 nitrogen and oxygen atoms in total. The maximum absolute atomic E-state index is 6.98. The van der Waals surface area contributed by atoms with E-state index in [4.69, 9.17) is 19.4 Å². The SMILES string of the molecule is c1ccc(-c2cccc(N(c3ccc(-c4ccc5c(c4)c4c6c(ccc4n5-c4nc(-c5ccccc5)nc(-c5ccccc5)n4)oc4cc5c7ccccc7c7ccccc7c5cc46)cc3)c3ccccc3-c3ccccc3)c2)cc1. The molecule has 81 heavy (non-hydrogen) atoms. The normalized spacial score (nSPS) is 11.7. The molecular weight excluding hydrogens is 987 g/mol. The highest BCUT2D eigenvalue weighted by molar-refractivity contribution is 6.32. The van der Waals surface area contributed by atoms with Gasteiger partial charge >= 0.3 is 0 Å². The zero-order valence-corrected chi connectivity index (χ0v) is 43.8. The summed E-state index contributed by atoms with van der Waals surface area (Å²) in [6.07, 6.45) is 0. The Morgan fingerprint density at radius 1 is 0.284 bits per heavy atom. The number of benzene rings is 13. The molecular formula is C75H47N5O. The minimum absolute atomic E-state index is 0.530. The summed E-state index contributed by atoms with van der Waals surface area (Å²) in [5.74, 6) is 1.72. The zero-order chi connectivity index (χ0) is 53.4. The van der Waals surface area contributed by atoms with Gasteiger partial charge in [-0.05, 0) is 127 Å². The van der Waals surface area contributed by atoms with E-state index in [9.17, 15) is 0 Å². The van der Waals surface area contributed by atoms with E-state index in [0.29, 0.717) is 17.6 Å². The zero-order valence-electron chi connectivity index (χ0n) is 43.8. The van der Waals surface area contributed by atoms with Crippen molar-refractivity contribution in [1.29, 1.82) is 0 Å². The first kappa shape index (κ1) is 46.2. The van der Waals surface area contributed by atoms with E-state index in [1.54, 1.807) is 0 Å². The number of aromatic nitrogens is 4. The predicted octanol–water partition coefficient (Wildman–Crippen LogP) is 20.1. The van der Waals surface area contributed by atoms with Crippen LogP contribution in [0, 0.1) is 0 Å². The fourth-order valence-corrected chi connectivity index (χ4v) is 12.3. The molecule has 0 aliphatic rings. The number of rotatable bonds is 9. The highest BCUT2D eigenvalue weighted by Gasteiger charge is 2.24. The van der Waals surface area contributed by atoms with Crippen molar-refractivity contribution in [2.45, 2.75) is 0 Å². The lowest BCUT2D eigenvalue weighted by Gasteiger charge is -2.28. The second-order valence-corrected chi connectivity index (χ2v) is 20.7. The first-order valence-corrected chi connectivity index (χ1v) is 27.4. The van der Waals surface area contributed by atoms with Crippen LogP contribution in [-0.4, -0.2) is 19.5 Å². The van der Waals surface area contributed by atoms with Gasteiger partial charge in [0, 0.05) is 49.6 Å². The van der Waals surface area contributed by atoms with Crippen LogP contribution >= 0.6 is 0 Å². The van der Waals surface area contributed by atoms with Crippen LogP contribution in [0.15, 0.2) is 290 Å². The summed E-state index contributed by atoms with van der Waals surface area (Å²) in [5.41, 5.74) is 15.4. The first-order chi connectivity index (χ1) is 40.2. The lowest BCUT2D eigenvalue weighted by Crippen LogP contribution is -2.11. The highest BCUT2D eigenvalue weighted by Crippen LogP contribution is 2.47. The molecule has 13 aromatic carbocycles. The van der Waals surface area contributed by atoms with Gasteiger partial charge in [-0.3, -0.25) is 4.57 Å². The fourth-order valence-electron chi connectivity index (χ4n) is 12.3. The van der Waals surface area contributed by atoms with Gasteiger partial charge < -0.3 is 9.32 Å². The Kier molecular flexibility index (Phi) is 10.8. The number of furan rings is 1. The van der Waals surface area contributed by atoms with E-state index >= 15 is 0 Å². The van der Waals surface area contributed by atoms with Gasteiger partial charge in [-0.2, -0.15) is 9.97 Å². The highest BCUT2D eigenvalue weighted by atomic mass is 16.3. The Hall–Kier alpha value is -11.0. The largest absolute Gasteiger partial charge is 0.456 e. The van der Waals surface area contributed by atoms with Crippen molar-refractivity contribution < 1.29 is 4.42 Å². The van der Waals surface area contributed by atoms with E-state index in [0.717, 1.165) is 99.8 Å². The Morgan fingerprint density at radius 3 is 1.44 bits per heavy atom. The van der Waals surface area contributed by atoms with Crippen molar-refractivity contribution in [1.82, 2.24) is 19.5 Å². The molecule has 6 heteroatoms. The van der Waals surface area contributed by atoms with Gasteiger partial charge in [0.2, 0.25) is 5.95 Å². The molecule has 0 spiro atoms. The molecule has 0 saturated heterocycles. The number of para-hydroxylation sites is 1. The minimum Gasteiger partial charge on any atom is -0.456 e. The summed E-state index contributed by atoms with van der Waals surface area (Å²) < 4.78 is 9.20. The van der Waals surface area contributed by atoms with Crippen molar-refractivity contribution in [2.75, 3.05) is 4.90 Å². The van der Waals surface area contributed by atoms with Gasteiger partial charge in [-0.1, -0.05) is 218 Å². The number of hydrogen-bond donors (Lipinski definition) is 0. The average molecular weight is 1030 g/mol. The Bertz CT molecular complexity index is 5040. The van der Waals surface area contributed by atoms with Crippen LogP contribution in [0.5, 0.6) is 0 Å². The van der Waals surface area contributed by atoms with Crippen LogP contribution in [0.25, 0.3) is 138 Å². The predicted molar refractivity (Wildman–Crippen MR) is 336 cm³/mol. The van der Waals surface area contributed by atoms with E-state index in [1.807, 2.05) is 36.4 Å². The van der Waals surface area contributed by atoms with E-state index in [2.05, 4.69) is 258 Å². The van der Waals surface area contributed by atoms with E-state index < -0.39 is 0 Å². The van der Waals surface area contributed by atoms with Crippen LogP contribution in [0.3, 0.4) is 0 Å². The third-order valence-electron chi connectivity index (χ3n) is 16.0. The van der Waals surface area contributed by atoms with E-state index in [-0.39, 0.29) is 0 Å². The second-order valence-electron chi connectivity index (χ2n) is 20.7. The van der Waals surface area contributed by atoms with Crippen LogP contribution in [0.4, 0.5) is 17.1 Å². The third-order valence-corrected chi connectivity index (χ3v) is 16.0. The Labute approximate surface area is 466 Å². The molecule has 0 bridgehead atoms. The van der Waals surface area contributed by atoms with Gasteiger partial charge in [-0.25, -0.2) is 4.98 Å². The number of anilines is 3. The maximum Gasteiger partial charge on any atom is 0.238 e. The molecule has 0 saturated carbocycles. The van der Waals surface area contributed by atoms with Gasteiger partial charge in [0.05, 0.1) is 16.7 Å². The summed E-state index contributed by atoms with van der Waals surface area (Å²) in [6, 6.07) is 101.